The van der Waals surface area contributed by atoms with Crippen molar-refractivity contribution in [2.24, 2.45) is 0 Å². The highest BCUT2D eigenvalue weighted by molar-refractivity contribution is 5.95. The van der Waals surface area contributed by atoms with E-state index in [0.717, 1.165) is 19.3 Å². The van der Waals surface area contributed by atoms with Crippen molar-refractivity contribution < 1.29 is 9.21 Å². The van der Waals surface area contributed by atoms with E-state index in [-0.39, 0.29) is 5.56 Å². The highest BCUT2D eigenvalue weighted by Crippen LogP contribution is 2.36. The minimum Gasteiger partial charge on any atom is -0.427 e. The normalized spacial score (nSPS) is 14.6. The lowest BCUT2D eigenvalue weighted by Crippen LogP contribution is -2.31. The molecule has 116 valence electrons. The van der Waals surface area contributed by atoms with Crippen molar-refractivity contribution in [3.05, 3.63) is 39.2 Å². The highest BCUT2D eigenvalue weighted by atomic mass is 16.4. The van der Waals surface area contributed by atoms with Crippen molar-refractivity contribution in [1.29, 1.82) is 0 Å². The molecular formula is C14H17N5O3. The molecule has 0 saturated heterocycles. The maximum absolute atomic E-state index is 12.1. The molecule has 0 radical (unpaired) electrons. The van der Waals surface area contributed by atoms with Gasteiger partial charge in [-0.15, -0.1) is 10.2 Å². The number of amides is 1. The van der Waals surface area contributed by atoms with Gasteiger partial charge in [0.1, 0.15) is 11.3 Å². The predicted octanol–water partition coefficient (Wildman–Crippen LogP) is 0.701. The maximum atomic E-state index is 12.1. The molecule has 22 heavy (non-hydrogen) atoms. The maximum Gasteiger partial charge on any atom is 0.349 e. The Hall–Kier alpha value is -2.51. The van der Waals surface area contributed by atoms with Crippen LogP contribution in [0, 0.1) is 6.92 Å². The van der Waals surface area contributed by atoms with E-state index < -0.39 is 11.5 Å². The lowest BCUT2D eigenvalue weighted by molar-refractivity contribution is 0.0948. The topological polar surface area (TPSA) is 114 Å². The lowest BCUT2D eigenvalue weighted by Gasteiger charge is -2.24. The van der Waals surface area contributed by atoms with Gasteiger partial charge in [-0.1, -0.05) is 11.6 Å². The Bertz CT molecular complexity index is 719. The molecule has 0 spiro atoms. The number of nitrogens with zero attached hydrogens (tertiary/aromatic N) is 3. The van der Waals surface area contributed by atoms with Crippen LogP contribution in [0.3, 0.4) is 0 Å². The third-order valence-electron chi connectivity index (χ3n) is 3.93. The number of nitrogens with one attached hydrogen (secondary N) is 2. The van der Waals surface area contributed by atoms with E-state index >= 15 is 0 Å². The minimum absolute atomic E-state index is 0.0659. The van der Waals surface area contributed by atoms with Crippen molar-refractivity contribution in [3.8, 4) is 0 Å². The van der Waals surface area contributed by atoms with Crippen LogP contribution in [0.2, 0.25) is 0 Å². The van der Waals surface area contributed by atoms with Crippen LogP contribution in [-0.4, -0.2) is 33.1 Å². The number of hydrogen-bond donors (Lipinski definition) is 2. The number of aromatic amines is 1. The molecule has 0 bridgehead atoms. The molecule has 8 heteroatoms. The average Bonchev–Trinajstić information content (AvgIpc) is 2.89. The van der Waals surface area contributed by atoms with E-state index in [9.17, 15) is 9.59 Å². The minimum atomic E-state index is -0.570. The van der Waals surface area contributed by atoms with Crippen LogP contribution in [0.25, 0.3) is 0 Å². The van der Waals surface area contributed by atoms with E-state index in [0.29, 0.717) is 36.0 Å². The number of carbonyl (C=O) groups is 1. The molecule has 0 unspecified atom stereocenters. The first kappa shape index (κ1) is 14.4. The summed E-state index contributed by atoms with van der Waals surface area (Å²) in [5.41, 5.74) is 0.144. The molecule has 1 saturated carbocycles. The molecule has 0 aliphatic heterocycles. The molecule has 2 N–H and O–H groups in total. The van der Waals surface area contributed by atoms with Crippen LogP contribution < -0.4 is 10.9 Å². The molecule has 1 fully saturated rings. The SMILES string of the molecule is Cc1cc(C2CCC2)oc(=O)c1C(=O)NCCc1nn[nH]n1. The molecule has 8 nitrogen and oxygen atoms in total. The Kier molecular flexibility index (Phi) is 3.99. The number of aromatic nitrogens is 4. The molecule has 3 rings (SSSR count). The number of rotatable bonds is 5. The standard InChI is InChI=1S/C14H17N5O3/c1-8-7-10(9-3-2-4-9)22-14(21)12(8)13(20)15-6-5-11-16-18-19-17-11/h7,9H,2-6H2,1H3,(H,15,20)(H,16,17,18,19). The van der Waals surface area contributed by atoms with Gasteiger partial charge in [0.25, 0.3) is 5.91 Å². The third-order valence-corrected chi connectivity index (χ3v) is 3.93. The van der Waals surface area contributed by atoms with Crippen LogP contribution in [-0.2, 0) is 6.42 Å². The second kappa shape index (κ2) is 6.08. The number of H-pyrrole nitrogens is 1. The third kappa shape index (κ3) is 2.90. The summed E-state index contributed by atoms with van der Waals surface area (Å²) in [5, 5.41) is 16.0. The van der Waals surface area contributed by atoms with Crippen LogP contribution in [0.5, 0.6) is 0 Å². The van der Waals surface area contributed by atoms with Gasteiger partial charge in [0.05, 0.1) is 0 Å². The van der Waals surface area contributed by atoms with Crippen LogP contribution in [0.15, 0.2) is 15.3 Å². The Morgan fingerprint density at radius 3 is 2.91 bits per heavy atom. The summed E-state index contributed by atoms with van der Waals surface area (Å²) in [6.45, 7) is 2.08. The molecule has 1 aliphatic carbocycles. The average molecular weight is 303 g/mol. The number of carbonyl (C=O) groups excluding carboxylic acids is 1. The summed E-state index contributed by atoms with van der Waals surface area (Å²) in [7, 11) is 0. The van der Waals surface area contributed by atoms with Gasteiger partial charge in [0.2, 0.25) is 0 Å². The number of hydrogen-bond acceptors (Lipinski definition) is 6. The molecule has 2 aromatic heterocycles. The second-order valence-corrected chi connectivity index (χ2v) is 5.46. The quantitative estimate of drug-likeness (QED) is 0.840. The second-order valence-electron chi connectivity index (χ2n) is 5.46. The summed E-state index contributed by atoms with van der Waals surface area (Å²) >= 11 is 0. The van der Waals surface area contributed by atoms with E-state index in [4.69, 9.17) is 4.42 Å². The first-order chi connectivity index (χ1) is 10.6. The van der Waals surface area contributed by atoms with Gasteiger partial charge in [0, 0.05) is 18.9 Å². The van der Waals surface area contributed by atoms with Gasteiger partial charge in [-0.05, 0) is 31.4 Å². The molecule has 2 aromatic rings. The Balaban J connectivity index is 1.67. The molecule has 0 aromatic carbocycles. The van der Waals surface area contributed by atoms with E-state index in [1.807, 2.05) is 0 Å². The summed E-state index contributed by atoms with van der Waals surface area (Å²) < 4.78 is 5.31. The Labute approximate surface area is 126 Å². The zero-order valence-electron chi connectivity index (χ0n) is 12.3. The van der Waals surface area contributed by atoms with Crippen molar-refractivity contribution in [3.63, 3.8) is 0 Å². The largest absolute Gasteiger partial charge is 0.427 e. The zero-order valence-corrected chi connectivity index (χ0v) is 12.3. The molecule has 1 amide bonds. The van der Waals surface area contributed by atoms with Crippen LogP contribution >= 0.6 is 0 Å². The molecular weight excluding hydrogens is 286 g/mol. The van der Waals surface area contributed by atoms with E-state index in [2.05, 4.69) is 25.9 Å². The summed E-state index contributed by atoms with van der Waals surface area (Å²) in [6, 6.07) is 1.80. The van der Waals surface area contributed by atoms with Gasteiger partial charge in [-0.2, -0.15) is 5.21 Å². The van der Waals surface area contributed by atoms with Crippen molar-refractivity contribution in [2.45, 2.75) is 38.5 Å². The Morgan fingerprint density at radius 1 is 1.50 bits per heavy atom. The van der Waals surface area contributed by atoms with Gasteiger partial charge < -0.3 is 9.73 Å². The van der Waals surface area contributed by atoms with Crippen LogP contribution in [0.4, 0.5) is 0 Å². The molecule has 2 heterocycles. The van der Waals surface area contributed by atoms with Crippen LogP contribution in [0.1, 0.15) is 52.7 Å². The fourth-order valence-electron chi connectivity index (χ4n) is 2.46. The van der Waals surface area contributed by atoms with E-state index in [1.165, 1.54) is 0 Å². The van der Waals surface area contributed by atoms with Crippen molar-refractivity contribution in [2.75, 3.05) is 6.54 Å². The van der Waals surface area contributed by atoms with Gasteiger partial charge >= 0.3 is 5.63 Å². The Morgan fingerprint density at radius 2 is 2.32 bits per heavy atom. The number of aryl methyl sites for hydroxylation is 1. The molecule has 1 aliphatic rings. The number of tetrazole rings is 1. The van der Waals surface area contributed by atoms with Gasteiger partial charge in [-0.3, -0.25) is 4.79 Å². The zero-order chi connectivity index (χ0) is 15.5. The summed E-state index contributed by atoms with van der Waals surface area (Å²) in [5.74, 6) is 1.08. The fraction of sp³-hybridized carbons (Fsp3) is 0.500. The monoisotopic (exact) mass is 303 g/mol. The lowest BCUT2D eigenvalue weighted by atomic mass is 9.83. The first-order valence-corrected chi connectivity index (χ1v) is 7.30. The van der Waals surface area contributed by atoms with Gasteiger partial charge in [-0.25, -0.2) is 4.79 Å². The van der Waals surface area contributed by atoms with Crippen molar-refractivity contribution in [1.82, 2.24) is 25.9 Å². The smallest absolute Gasteiger partial charge is 0.349 e. The van der Waals surface area contributed by atoms with Crippen molar-refractivity contribution >= 4 is 5.91 Å². The summed E-state index contributed by atoms with van der Waals surface area (Å²) in [6.07, 6.45) is 3.68. The first-order valence-electron chi connectivity index (χ1n) is 7.30. The predicted molar refractivity (Wildman–Crippen MR) is 76.5 cm³/mol. The molecule has 0 atom stereocenters. The summed E-state index contributed by atoms with van der Waals surface area (Å²) in [4.78, 5) is 24.2. The fourth-order valence-corrected chi connectivity index (χ4v) is 2.46. The van der Waals surface area contributed by atoms with Gasteiger partial charge in [0.15, 0.2) is 5.82 Å². The van der Waals surface area contributed by atoms with E-state index in [1.54, 1.807) is 13.0 Å². The highest BCUT2D eigenvalue weighted by Gasteiger charge is 2.25.